The number of nitrogens with zero attached hydrogens (tertiary/aromatic N) is 3. The number of rotatable bonds is 8. The normalized spacial score (nSPS) is 15.9. The Morgan fingerprint density at radius 1 is 1.02 bits per heavy atom. The largest absolute Gasteiger partial charge is 0.454 e. The molecular weight excluding hydrogens is 576 g/mol. The van der Waals surface area contributed by atoms with Crippen LogP contribution in [0.2, 0.25) is 0 Å². The average Bonchev–Trinajstić information content (AvgIpc) is 3.71. The number of anilines is 1. The van der Waals surface area contributed by atoms with Crippen LogP contribution in [0.4, 0.5) is 5.82 Å². The second-order valence-electron chi connectivity index (χ2n) is 9.83. The zero-order valence-electron chi connectivity index (χ0n) is 22.9. The third-order valence-corrected chi connectivity index (χ3v) is 8.52. The fourth-order valence-corrected chi connectivity index (χ4v) is 6.25. The number of carbonyl (C=O) groups excluding carboxylic acids is 1. The van der Waals surface area contributed by atoms with Gasteiger partial charge in [-0.2, -0.15) is 5.26 Å². The summed E-state index contributed by atoms with van der Waals surface area (Å²) in [7, 11) is 0. The van der Waals surface area contributed by atoms with Crippen molar-refractivity contribution in [2.75, 3.05) is 18.9 Å². The third kappa shape index (κ3) is 5.06. The van der Waals surface area contributed by atoms with E-state index >= 15 is 0 Å². The van der Waals surface area contributed by atoms with Crippen molar-refractivity contribution in [2.24, 2.45) is 0 Å². The number of ether oxygens (including phenoxy) is 4. The maximum atomic E-state index is 13.6. The van der Waals surface area contributed by atoms with Gasteiger partial charge in [0.05, 0.1) is 11.4 Å². The Labute approximate surface area is 251 Å². The number of hydrogen-bond donors (Lipinski definition) is 1. The van der Waals surface area contributed by atoms with Crippen LogP contribution in [-0.2, 0) is 24.4 Å². The van der Waals surface area contributed by atoms with Crippen LogP contribution in [0.5, 0.6) is 23.0 Å². The number of pyridine rings is 1. The molecule has 6 rings (SSSR count). The Balaban J connectivity index is 1.35. The van der Waals surface area contributed by atoms with Crippen molar-refractivity contribution in [3.05, 3.63) is 79.5 Å². The third-order valence-electron chi connectivity index (χ3n) is 7.15. The number of hydrogen-bond acceptors (Lipinski definition) is 10. The highest BCUT2D eigenvalue weighted by molar-refractivity contribution is 8.26. The molecule has 0 atom stereocenters. The van der Waals surface area contributed by atoms with Crippen molar-refractivity contribution in [2.45, 2.75) is 39.9 Å². The molecule has 4 heterocycles. The smallest absolute Gasteiger partial charge is 0.270 e. The standard InChI is InChI=1S/C30H26N4O6S2/c1-3-8-33-27(32-13-18-4-6-22-24(9-18)39-15-37-22)20(17(2)21(12-31)28(33)35)11-26-29(36)34(30(41)42-26)14-19-5-7-23-25(10-19)40-16-38-23/h4-7,9-11,32H,3,8,13-16H2,1-2H3/b26-11+. The summed E-state index contributed by atoms with van der Waals surface area (Å²) in [5, 5.41) is 13.3. The highest BCUT2D eigenvalue weighted by atomic mass is 32.2. The maximum Gasteiger partial charge on any atom is 0.270 e. The molecule has 0 unspecified atom stereocenters. The van der Waals surface area contributed by atoms with Gasteiger partial charge in [0.25, 0.3) is 11.5 Å². The molecule has 0 radical (unpaired) electrons. The fraction of sp³-hybridized carbons (Fsp3) is 0.267. The fourth-order valence-electron chi connectivity index (χ4n) is 5.02. The SMILES string of the molecule is CCCn1c(NCc2ccc3c(c2)OCO3)c(/C=C2/SC(=S)N(Cc3ccc4c(c3)OCO4)C2=O)c(C)c(C#N)c1=O. The Kier molecular flexibility index (Phi) is 7.53. The topological polar surface area (TPSA) is 115 Å². The molecule has 1 N–H and O–H groups in total. The van der Waals surface area contributed by atoms with Gasteiger partial charge in [0.2, 0.25) is 13.6 Å². The number of thioether (sulfide) groups is 1. The quantitative estimate of drug-likeness (QED) is 0.282. The Morgan fingerprint density at radius 2 is 1.67 bits per heavy atom. The summed E-state index contributed by atoms with van der Waals surface area (Å²) in [6, 6.07) is 13.2. The number of amides is 1. The minimum Gasteiger partial charge on any atom is -0.454 e. The number of fused-ring (bicyclic) bond motifs is 2. The first-order valence-electron chi connectivity index (χ1n) is 13.3. The van der Waals surface area contributed by atoms with Gasteiger partial charge in [-0.25, -0.2) is 0 Å². The van der Waals surface area contributed by atoms with Crippen molar-refractivity contribution in [1.29, 1.82) is 5.26 Å². The molecule has 10 nitrogen and oxygen atoms in total. The molecule has 1 fully saturated rings. The number of carbonyl (C=O) groups is 1. The highest BCUT2D eigenvalue weighted by Crippen LogP contribution is 2.38. The molecule has 42 heavy (non-hydrogen) atoms. The molecule has 2 aromatic carbocycles. The van der Waals surface area contributed by atoms with Crippen LogP contribution in [0.15, 0.2) is 46.1 Å². The second-order valence-corrected chi connectivity index (χ2v) is 11.5. The van der Waals surface area contributed by atoms with Crippen LogP contribution >= 0.6 is 24.0 Å². The highest BCUT2D eigenvalue weighted by Gasteiger charge is 2.33. The van der Waals surface area contributed by atoms with E-state index in [0.29, 0.717) is 68.7 Å². The molecule has 1 aromatic heterocycles. The summed E-state index contributed by atoms with van der Waals surface area (Å²) in [6.45, 7) is 5.06. The first-order valence-corrected chi connectivity index (χ1v) is 14.5. The molecule has 214 valence electrons. The van der Waals surface area contributed by atoms with Crippen molar-refractivity contribution < 1.29 is 23.7 Å². The average molecular weight is 603 g/mol. The van der Waals surface area contributed by atoms with Crippen LogP contribution in [0.1, 0.15) is 41.2 Å². The van der Waals surface area contributed by atoms with Crippen LogP contribution in [0.3, 0.4) is 0 Å². The number of thiocarbonyl (C=S) groups is 1. The molecule has 12 heteroatoms. The van der Waals surface area contributed by atoms with Gasteiger partial charge in [-0.05, 0) is 60.4 Å². The van der Waals surface area contributed by atoms with E-state index in [-0.39, 0.29) is 37.2 Å². The Morgan fingerprint density at radius 3 is 2.33 bits per heavy atom. The van der Waals surface area contributed by atoms with Gasteiger partial charge in [-0.15, -0.1) is 0 Å². The Hall–Kier alpha value is -4.47. The Bertz CT molecular complexity index is 1760. The van der Waals surface area contributed by atoms with E-state index in [1.807, 2.05) is 43.3 Å². The van der Waals surface area contributed by atoms with Gasteiger partial charge >= 0.3 is 0 Å². The summed E-state index contributed by atoms with van der Waals surface area (Å²) in [4.78, 5) is 28.9. The summed E-state index contributed by atoms with van der Waals surface area (Å²) >= 11 is 6.78. The summed E-state index contributed by atoms with van der Waals surface area (Å²) in [5.41, 5.74) is 2.50. The van der Waals surface area contributed by atoms with Gasteiger partial charge in [0.1, 0.15) is 21.8 Å². The van der Waals surface area contributed by atoms with E-state index in [2.05, 4.69) is 11.4 Å². The van der Waals surface area contributed by atoms with Crippen molar-refractivity contribution in [3.63, 3.8) is 0 Å². The molecule has 3 aromatic rings. The summed E-state index contributed by atoms with van der Waals surface area (Å²) in [6.07, 6.45) is 2.40. The predicted octanol–water partition coefficient (Wildman–Crippen LogP) is 4.91. The van der Waals surface area contributed by atoms with Gasteiger partial charge < -0.3 is 24.3 Å². The number of benzene rings is 2. The first-order chi connectivity index (χ1) is 20.4. The van der Waals surface area contributed by atoms with Gasteiger partial charge in [-0.3, -0.25) is 19.1 Å². The maximum absolute atomic E-state index is 13.6. The van der Waals surface area contributed by atoms with Crippen LogP contribution < -0.4 is 29.8 Å². The van der Waals surface area contributed by atoms with Gasteiger partial charge in [-0.1, -0.05) is 43.0 Å². The molecule has 1 saturated heterocycles. The molecule has 0 saturated carbocycles. The monoisotopic (exact) mass is 602 g/mol. The number of aromatic nitrogens is 1. The van der Waals surface area contributed by atoms with Crippen LogP contribution in [-0.4, -0.2) is 33.3 Å². The lowest BCUT2D eigenvalue weighted by Crippen LogP contribution is -2.28. The number of nitriles is 1. The molecular formula is C30H26N4O6S2. The molecule has 0 bridgehead atoms. The van der Waals surface area contributed by atoms with E-state index in [4.69, 9.17) is 31.2 Å². The molecule has 3 aliphatic heterocycles. The van der Waals surface area contributed by atoms with E-state index in [9.17, 15) is 14.9 Å². The van der Waals surface area contributed by atoms with Crippen molar-refractivity contribution in [3.8, 4) is 29.1 Å². The van der Waals surface area contributed by atoms with E-state index < -0.39 is 0 Å². The zero-order chi connectivity index (χ0) is 29.4. The van der Waals surface area contributed by atoms with E-state index in [1.54, 1.807) is 17.6 Å². The van der Waals surface area contributed by atoms with Crippen LogP contribution in [0.25, 0.3) is 6.08 Å². The molecule has 1 amide bonds. The van der Waals surface area contributed by atoms with Crippen molar-refractivity contribution >= 4 is 46.1 Å². The van der Waals surface area contributed by atoms with Gasteiger partial charge in [0.15, 0.2) is 23.0 Å². The van der Waals surface area contributed by atoms with Gasteiger partial charge in [0, 0.05) is 18.7 Å². The minimum atomic E-state index is -0.377. The molecule has 0 aliphatic carbocycles. The lowest BCUT2D eigenvalue weighted by atomic mass is 10.0. The van der Waals surface area contributed by atoms with Crippen molar-refractivity contribution in [1.82, 2.24) is 9.47 Å². The minimum absolute atomic E-state index is 0.0409. The second kappa shape index (κ2) is 11.4. The lowest BCUT2D eigenvalue weighted by molar-refractivity contribution is -0.122. The number of nitrogens with one attached hydrogen (secondary N) is 1. The zero-order valence-corrected chi connectivity index (χ0v) is 24.5. The molecule has 3 aliphatic rings. The summed E-state index contributed by atoms with van der Waals surface area (Å²) < 4.78 is 23.8. The molecule has 0 spiro atoms. The van der Waals surface area contributed by atoms with E-state index in [0.717, 1.165) is 11.1 Å². The first kappa shape index (κ1) is 27.7. The van der Waals surface area contributed by atoms with Crippen LogP contribution in [0, 0.1) is 18.3 Å². The summed E-state index contributed by atoms with van der Waals surface area (Å²) in [5.74, 6) is 2.90. The lowest BCUT2D eigenvalue weighted by Gasteiger charge is -2.20. The predicted molar refractivity (Wildman–Crippen MR) is 162 cm³/mol. The van der Waals surface area contributed by atoms with E-state index in [1.165, 1.54) is 16.7 Å².